The molecule has 1 amide bonds. The summed E-state index contributed by atoms with van der Waals surface area (Å²) >= 11 is 1.74. The van der Waals surface area contributed by atoms with Crippen molar-refractivity contribution in [1.82, 2.24) is 24.5 Å². The van der Waals surface area contributed by atoms with Gasteiger partial charge in [0.1, 0.15) is 0 Å². The number of nitrogens with one attached hydrogen (secondary N) is 1. The molecule has 3 aromatic heterocycles. The van der Waals surface area contributed by atoms with Gasteiger partial charge in [-0.1, -0.05) is 12.1 Å². The standard InChI is InChI=1S/C21H21N5OS/c1-28-14-10-18(20-24-23-19-9-2-3-13-26(19)20)22-21(27)16-7-6-8-17(15-16)25-11-4-5-12-25/h2-9,11-13,15,18H,10,14H2,1H3,(H,22,27). The van der Waals surface area contributed by atoms with E-state index in [2.05, 4.69) is 21.8 Å². The largest absolute Gasteiger partial charge is 0.342 e. The Morgan fingerprint density at radius 3 is 2.71 bits per heavy atom. The third-order valence-electron chi connectivity index (χ3n) is 4.58. The summed E-state index contributed by atoms with van der Waals surface area (Å²) < 4.78 is 3.91. The molecule has 4 rings (SSSR count). The zero-order valence-corrected chi connectivity index (χ0v) is 16.3. The number of pyridine rings is 1. The van der Waals surface area contributed by atoms with Crippen molar-refractivity contribution >= 4 is 23.3 Å². The molecule has 4 aromatic rings. The zero-order valence-electron chi connectivity index (χ0n) is 15.5. The fraction of sp³-hybridized carbons (Fsp3) is 0.190. The summed E-state index contributed by atoms with van der Waals surface area (Å²) in [6.07, 6.45) is 8.68. The van der Waals surface area contributed by atoms with Crippen LogP contribution in [-0.2, 0) is 0 Å². The summed E-state index contributed by atoms with van der Waals surface area (Å²) in [5.41, 5.74) is 2.34. The highest BCUT2D eigenvalue weighted by Crippen LogP contribution is 2.19. The minimum absolute atomic E-state index is 0.118. The second-order valence-corrected chi connectivity index (χ2v) is 7.42. The summed E-state index contributed by atoms with van der Waals surface area (Å²) in [7, 11) is 0. The van der Waals surface area contributed by atoms with Gasteiger partial charge in [-0.3, -0.25) is 9.20 Å². The maximum atomic E-state index is 13.0. The van der Waals surface area contributed by atoms with Crippen molar-refractivity contribution in [1.29, 1.82) is 0 Å². The molecule has 0 fully saturated rings. The van der Waals surface area contributed by atoms with Gasteiger partial charge in [0.15, 0.2) is 11.5 Å². The van der Waals surface area contributed by atoms with Crippen molar-refractivity contribution in [3.8, 4) is 5.69 Å². The van der Waals surface area contributed by atoms with E-state index in [1.807, 2.05) is 82.2 Å². The van der Waals surface area contributed by atoms with E-state index in [1.54, 1.807) is 11.8 Å². The molecule has 1 N–H and O–H groups in total. The van der Waals surface area contributed by atoms with E-state index in [1.165, 1.54) is 0 Å². The summed E-state index contributed by atoms with van der Waals surface area (Å²) in [6, 6.07) is 17.1. The normalized spacial score (nSPS) is 12.2. The topological polar surface area (TPSA) is 64.2 Å². The van der Waals surface area contributed by atoms with Gasteiger partial charge < -0.3 is 9.88 Å². The second-order valence-electron chi connectivity index (χ2n) is 6.44. The van der Waals surface area contributed by atoms with Gasteiger partial charge in [-0.2, -0.15) is 11.8 Å². The van der Waals surface area contributed by atoms with Gasteiger partial charge in [-0.25, -0.2) is 0 Å². The maximum Gasteiger partial charge on any atom is 0.251 e. The number of nitrogens with zero attached hydrogens (tertiary/aromatic N) is 4. The van der Waals surface area contributed by atoms with Crippen molar-refractivity contribution in [3.63, 3.8) is 0 Å². The van der Waals surface area contributed by atoms with Crippen LogP contribution in [0.5, 0.6) is 0 Å². The highest BCUT2D eigenvalue weighted by Gasteiger charge is 2.21. The van der Waals surface area contributed by atoms with Gasteiger partial charge in [0.25, 0.3) is 5.91 Å². The lowest BCUT2D eigenvalue weighted by Crippen LogP contribution is -2.30. The first-order valence-electron chi connectivity index (χ1n) is 9.09. The average Bonchev–Trinajstić information content (AvgIpc) is 3.41. The number of aromatic nitrogens is 4. The summed E-state index contributed by atoms with van der Waals surface area (Å²) in [5.74, 6) is 1.54. The van der Waals surface area contributed by atoms with Crippen molar-refractivity contribution in [2.24, 2.45) is 0 Å². The van der Waals surface area contributed by atoms with Crippen LogP contribution in [0.4, 0.5) is 0 Å². The van der Waals surface area contributed by atoms with Crippen molar-refractivity contribution in [2.75, 3.05) is 12.0 Å². The quantitative estimate of drug-likeness (QED) is 0.521. The molecule has 0 radical (unpaired) electrons. The number of carbonyl (C=O) groups is 1. The molecule has 0 saturated carbocycles. The number of amides is 1. The van der Waals surface area contributed by atoms with Gasteiger partial charge in [-0.15, -0.1) is 10.2 Å². The minimum atomic E-state index is -0.215. The fourth-order valence-electron chi connectivity index (χ4n) is 3.16. The van der Waals surface area contributed by atoms with Crippen LogP contribution in [-0.4, -0.2) is 37.1 Å². The monoisotopic (exact) mass is 391 g/mol. The molecule has 142 valence electrons. The maximum absolute atomic E-state index is 13.0. The van der Waals surface area contributed by atoms with E-state index in [-0.39, 0.29) is 11.9 Å². The summed E-state index contributed by atoms with van der Waals surface area (Å²) in [4.78, 5) is 13.0. The highest BCUT2D eigenvalue weighted by molar-refractivity contribution is 7.98. The van der Waals surface area contributed by atoms with Crippen LogP contribution < -0.4 is 5.32 Å². The lowest BCUT2D eigenvalue weighted by molar-refractivity contribution is 0.0933. The lowest BCUT2D eigenvalue weighted by atomic mass is 10.1. The third-order valence-corrected chi connectivity index (χ3v) is 5.22. The predicted molar refractivity (Wildman–Crippen MR) is 112 cm³/mol. The first kappa shape index (κ1) is 18.3. The van der Waals surface area contributed by atoms with Crippen molar-refractivity contribution < 1.29 is 4.79 Å². The molecule has 0 spiro atoms. The molecule has 1 aromatic carbocycles. The van der Waals surface area contributed by atoms with E-state index >= 15 is 0 Å². The SMILES string of the molecule is CSCCC(NC(=O)c1cccc(-n2cccc2)c1)c1nnc2ccccn12. The van der Waals surface area contributed by atoms with Crippen LogP contribution in [0.25, 0.3) is 11.3 Å². The molecule has 1 atom stereocenters. The van der Waals surface area contributed by atoms with E-state index in [4.69, 9.17) is 0 Å². The van der Waals surface area contributed by atoms with Gasteiger partial charge in [-0.05, 0) is 60.9 Å². The molecule has 28 heavy (non-hydrogen) atoms. The first-order valence-corrected chi connectivity index (χ1v) is 10.5. The number of hydrogen-bond donors (Lipinski definition) is 1. The molecule has 0 saturated heterocycles. The number of rotatable bonds is 7. The van der Waals surface area contributed by atoms with E-state index in [0.29, 0.717) is 5.56 Å². The smallest absolute Gasteiger partial charge is 0.251 e. The Bertz CT molecular complexity index is 1070. The van der Waals surface area contributed by atoms with Crippen LogP contribution in [0.1, 0.15) is 28.6 Å². The number of fused-ring (bicyclic) bond motifs is 1. The number of hydrogen-bond acceptors (Lipinski definition) is 4. The van der Waals surface area contributed by atoms with Crippen LogP contribution in [0, 0.1) is 0 Å². The fourth-order valence-corrected chi connectivity index (χ4v) is 3.63. The third kappa shape index (κ3) is 3.80. The van der Waals surface area contributed by atoms with Crippen molar-refractivity contribution in [3.05, 3.63) is 84.6 Å². The van der Waals surface area contributed by atoms with Crippen molar-refractivity contribution in [2.45, 2.75) is 12.5 Å². The molecule has 0 aliphatic rings. The molecule has 0 aliphatic heterocycles. The number of carbonyl (C=O) groups excluding carboxylic acids is 1. The highest BCUT2D eigenvalue weighted by atomic mass is 32.2. The predicted octanol–water partition coefficient (Wildman–Crippen LogP) is 3.74. The summed E-state index contributed by atoms with van der Waals surface area (Å²) in [6.45, 7) is 0. The molecule has 0 aliphatic carbocycles. The first-order chi connectivity index (χ1) is 13.8. The van der Waals surface area contributed by atoms with Gasteiger partial charge in [0.2, 0.25) is 0 Å². The zero-order chi connectivity index (χ0) is 19.3. The van der Waals surface area contributed by atoms with E-state index in [0.717, 1.165) is 29.3 Å². The Morgan fingerprint density at radius 2 is 1.89 bits per heavy atom. The Balaban J connectivity index is 1.60. The van der Waals surface area contributed by atoms with E-state index < -0.39 is 0 Å². The van der Waals surface area contributed by atoms with Gasteiger partial charge in [0, 0.05) is 29.8 Å². The Morgan fingerprint density at radius 1 is 1.07 bits per heavy atom. The Hall–Kier alpha value is -3.06. The van der Waals surface area contributed by atoms with Crippen LogP contribution in [0.3, 0.4) is 0 Å². The van der Waals surface area contributed by atoms with Crippen LogP contribution in [0.2, 0.25) is 0 Å². The minimum Gasteiger partial charge on any atom is -0.342 e. The molecular weight excluding hydrogens is 370 g/mol. The van der Waals surface area contributed by atoms with Gasteiger partial charge >= 0.3 is 0 Å². The summed E-state index contributed by atoms with van der Waals surface area (Å²) in [5, 5.41) is 11.7. The van der Waals surface area contributed by atoms with Crippen LogP contribution in [0.15, 0.2) is 73.2 Å². The lowest BCUT2D eigenvalue weighted by Gasteiger charge is -2.17. The van der Waals surface area contributed by atoms with Gasteiger partial charge in [0.05, 0.1) is 6.04 Å². The number of thioether (sulfide) groups is 1. The Kier molecular flexibility index (Phi) is 5.43. The van der Waals surface area contributed by atoms with E-state index in [9.17, 15) is 4.79 Å². The molecule has 6 nitrogen and oxygen atoms in total. The molecule has 3 heterocycles. The molecular formula is C21H21N5OS. The average molecular weight is 392 g/mol. The van der Waals surface area contributed by atoms with Crippen LogP contribution >= 0.6 is 11.8 Å². The Labute approximate surface area is 167 Å². The molecule has 0 bridgehead atoms. The molecule has 7 heteroatoms. The second kappa shape index (κ2) is 8.31. The molecule has 1 unspecified atom stereocenters. The number of benzene rings is 1.